The lowest BCUT2D eigenvalue weighted by Crippen LogP contribution is -2.22. The molecule has 3 rings (SSSR count). The number of alkyl halides is 3. The van der Waals surface area contributed by atoms with Crippen molar-refractivity contribution in [2.75, 3.05) is 6.79 Å². The van der Waals surface area contributed by atoms with E-state index >= 15 is 0 Å². The van der Waals surface area contributed by atoms with E-state index < -0.39 is 12.3 Å². The van der Waals surface area contributed by atoms with E-state index in [4.69, 9.17) is 9.47 Å². The Morgan fingerprint density at radius 2 is 1.79 bits per heavy atom. The highest BCUT2D eigenvalue weighted by molar-refractivity contribution is 5.94. The number of carbonyl (C=O) groups is 1. The highest BCUT2D eigenvalue weighted by Crippen LogP contribution is 2.32. The quantitative estimate of drug-likeness (QED) is 0.929. The van der Waals surface area contributed by atoms with Gasteiger partial charge in [-0.25, -0.2) is 0 Å². The van der Waals surface area contributed by atoms with E-state index in [2.05, 4.69) is 10.1 Å². The summed E-state index contributed by atoms with van der Waals surface area (Å²) in [6, 6.07) is 9.97. The lowest BCUT2D eigenvalue weighted by atomic mass is 10.1. The summed E-state index contributed by atoms with van der Waals surface area (Å²) >= 11 is 0. The zero-order valence-electron chi connectivity index (χ0n) is 12.2. The van der Waals surface area contributed by atoms with Crippen LogP contribution >= 0.6 is 0 Å². The normalized spacial score (nSPS) is 12.8. The van der Waals surface area contributed by atoms with Crippen LogP contribution in [0.3, 0.4) is 0 Å². The molecule has 1 heterocycles. The molecule has 126 valence electrons. The van der Waals surface area contributed by atoms with Crippen LogP contribution in [-0.4, -0.2) is 19.1 Å². The number of hydrogen-bond acceptors (Lipinski definition) is 4. The van der Waals surface area contributed by atoms with Crippen LogP contribution in [0.5, 0.6) is 17.2 Å². The van der Waals surface area contributed by atoms with Gasteiger partial charge in [0.15, 0.2) is 11.5 Å². The summed E-state index contributed by atoms with van der Waals surface area (Å²) in [6.45, 7) is 0.410. The number of rotatable bonds is 4. The van der Waals surface area contributed by atoms with Gasteiger partial charge in [0.2, 0.25) is 6.79 Å². The first-order chi connectivity index (χ1) is 11.4. The third kappa shape index (κ3) is 3.89. The molecule has 24 heavy (non-hydrogen) atoms. The van der Waals surface area contributed by atoms with E-state index in [1.165, 1.54) is 12.1 Å². The molecule has 0 aromatic heterocycles. The Morgan fingerprint density at radius 3 is 2.50 bits per heavy atom. The van der Waals surface area contributed by atoms with Gasteiger partial charge in [0, 0.05) is 12.1 Å². The van der Waals surface area contributed by atoms with E-state index in [1.807, 2.05) is 0 Å². The summed E-state index contributed by atoms with van der Waals surface area (Å²) < 4.78 is 50.4. The predicted octanol–water partition coefficient (Wildman–Crippen LogP) is 3.24. The SMILES string of the molecule is O=C(NCc1ccc2c(c1)OCO2)c1ccc(OC(F)(F)F)cc1. The van der Waals surface area contributed by atoms with Crippen molar-refractivity contribution in [3.8, 4) is 17.2 Å². The van der Waals surface area contributed by atoms with Gasteiger partial charge in [0.05, 0.1) is 0 Å². The third-order valence-corrected chi connectivity index (χ3v) is 3.24. The Balaban J connectivity index is 1.59. The van der Waals surface area contributed by atoms with Gasteiger partial charge in [-0.1, -0.05) is 6.07 Å². The predicted molar refractivity (Wildman–Crippen MR) is 76.9 cm³/mol. The van der Waals surface area contributed by atoms with Crippen LogP contribution in [0.4, 0.5) is 13.2 Å². The molecule has 0 fully saturated rings. The van der Waals surface area contributed by atoms with Crippen molar-refractivity contribution >= 4 is 5.91 Å². The summed E-state index contributed by atoms with van der Waals surface area (Å²) in [5.41, 5.74) is 1.04. The van der Waals surface area contributed by atoms with Gasteiger partial charge in [0.25, 0.3) is 5.91 Å². The average Bonchev–Trinajstić information content (AvgIpc) is 2.99. The van der Waals surface area contributed by atoms with E-state index in [-0.39, 0.29) is 24.7 Å². The number of halogens is 3. The fraction of sp³-hybridized carbons (Fsp3) is 0.188. The number of ether oxygens (including phenoxy) is 3. The molecule has 1 aliphatic heterocycles. The molecule has 0 atom stereocenters. The molecule has 5 nitrogen and oxygen atoms in total. The van der Waals surface area contributed by atoms with E-state index in [0.717, 1.165) is 17.7 Å². The van der Waals surface area contributed by atoms with Crippen LogP contribution in [0.2, 0.25) is 0 Å². The second-order valence-corrected chi connectivity index (χ2v) is 4.94. The lowest BCUT2D eigenvalue weighted by Gasteiger charge is -2.09. The highest BCUT2D eigenvalue weighted by Gasteiger charge is 2.31. The van der Waals surface area contributed by atoms with E-state index in [9.17, 15) is 18.0 Å². The van der Waals surface area contributed by atoms with Crippen molar-refractivity contribution in [1.82, 2.24) is 5.32 Å². The molecule has 0 bridgehead atoms. The summed E-state index contributed by atoms with van der Waals surface area (Å²) in [5.74, 6) is 0.460. The van der Waals surface area contributed by atoms with E-state index in [1.54, 1.807) is 18.2 Å². The van der Waals surface area contributed by atoms with Crippen LogP contribution in [0.15, 0.2) is 42.5 Å². The van der Waals surface area contributed by atoms with Crippen molar-refractivity contribution in [3.05, 3.63) is 53.6 Å². The fourth-order valence-electron chi connectivity index (χ4n) is 2.14. The number of nitrogens with one attached hydrogen (secondary N) is 1. The Kier molecular flexibility index (Phi) is 4.20. The summed E-state index contributed by atoms with van der Waals surface area (Å²) in [6.07, 6.45) is -4.76. The van der Waals surface area contributed by atoms with Crippen LogP contribution in [0, 0.1) is 0 Å². The number of benzene rings is 2. The van der Waals surface area contributed by atoms with Gasteiger partial charge in [0.1, 0.15) is 5.75 Å². The van der Waals surface area contributed by atoms with Crippen molar-refractivity contribution in [1.29, 1.82) is 0 Å². The van der Waals surface area contributed by atoms with Crippen LogP contribution in [0.1, 0.15) is 15.9 Å². The Hall–Kier alpha value is -2.90. The molecule has 0 saturated carbocycles. The molecule has 1 N–H and O–H groups in total. The van der Waals surface area contributed by atoms with Gasteiger partial charge in [-0.05, 0) is 42.0 Å². The van der Waals surface area contributed by atoms with Crippen LogP contribution < -0.4 is 19.5 Å². The Bertz CT molecular complexity index is 744. The van der Waals surface area contributed by atoms with E-state index in [0.29, 0.717) is 11.5 Å². The van der Waals surface area contributed by atoms with Gasteiger partial charge >= 0.3 is 6.36 Å². The second-order valence-electron chi connectivity index (χ2n) is 4.94. The molecule has 0 aliphatic carbocycles. The number of carbonyl (C=O) groups excluding carboxylic acids is 1. The first-order valence-electron chi connectivity index (χ1n) is 6.93. The zero-order chi connectivity index (χ0) is 17.2. The number of fused-ring (bicyclic) bond motifs is 1. The fourth-order valence-corrected chi connectivity index (χ4v) is 2.14. The molecular formula is C16H12F3NO4. The van der Waals surface area contributed by atoms with Gasteiger partial charge in [-0.15, -0.1) is 13.2 Å². The molecule has 2 aromatic rings. The maximum Gasteiger partial charge on any atom is 0.573 e. The molecule has 1 aliphatic rings. The highest BCUT2D eigenvalue weighted by atomic mass is 19.4. The van der Waals surface area contributed by atoms with Crippen LogP contribution in [0.25, 0.3) is 0 Å². The Morgan fingerprint density at radius 1 is 1.08 bits per heavy atom. The molecule has 0 saturated heterocycles. The topological polar surface area (TPSA) is 56.8 Å². The van der Waals surface area contributed by atoms with Gasteiger partial charge < -0.3 is 19.5 Å². The first-order valence-corrected chi connectivity index (χ1v) is 6.93. The molecule has 0 spiro atoms. The maximum atomic E-state index is 12.1. The zero-order valence-corrected chi connectivity index (χ0v) is 12.2. The smallest absolute Gasteiger partial charge is 0.454 e. The van der Waals surface area contributed by atoms with Crippen molar-refractivity contribution in [2.24, 2.45) is 0 Å². The average molecular weight is 339 g/mol. The minimum Gasteiger partial charge on any atom is -0.454 e. The third-order valence-electron chi connectivity index (χ3n) is 3.24. The van der Waals surface area contributed by atoms with Crippen molar-refractivity contribution < 1.29 is 32.2 Å². The minimum absolute atomic E-state index is 0.164. The van der Waals surface area contributed by atoms with Gasteiger partial charge in [-0.3, -0.25) is 4.79 Å². The summed E-state index contributed by atoms with van der Waals surface area (Å²) in [4.78, 5) is 12.0. The monoisotopic (exact) mass is 339 g/mol. The standard InChI is InChI=1S/C16H12F3NO4/c17-16(18,19)24-12-4-2-11(3-5-12)15(21)20-8-10-1-6-13-14(7-10)23-9-22-13/h1-7H,8-9H2,(H,20,21). The summed E-state index contributed by atoms with van der Waals surface area (Å²) in [7, 11) is 0. The Labute approximate surface area is 134 Å². The largest absolute Gasteiger partial charge is 0.573 e. The molecular weight excluding hydrogens is 327 g/mol. The first kappa shape index (κ1) is 16.0. The lowest BCUT2D eigenvalue weighted by molar-refractivity contribution is -0.274. The molecule has 2 aromatic carbocycles. The minimum atomic E-state index is -4.76. The second kappa shape index (κ2) is 6.31. The molecule has 8 heteroatoms. The molecule has 1 amide bonds. The molecule has 0 radical (unpaired) electrons. The number of amides is 1. The maximum absolute atomic E-state index is 12.1. The van der Waals surface area contributed by atoms with Gasteiger partial charge in [-0.2, -0.15) is 0 Å². The number of hydrogen-bond donors (Lipinski definition) is 1. The van der Waals surface area contributed by atoms with Crippen molar-refractivity contribution in [2.45, 2.75) is 12.9 Å². The summed E-state index contributed by atoms with van der Waals surface area (Å²) in [5, 5.41) is 2.68. The van der Waals surface area contributed by atoms with Crippen LogP contribution in [-0.2, 0) is 6.54 Å². The molecule has 0 unspecified atom stereocenters. The van der Waals surface area contributed by atoms with Crippen molar-refractivity contribution in [3.63, 3.8) is 0 Å².